The fourth-order valence-corrected chi connectivity index (χ4v) is 2.89. The molecule has 0 saturated carbocycles. The van der Waals surface area contributed by atoms with Crippen LogP contribution in [0.5, 0.6) is 0 Å². The maximum atomic E-state index is 12.0. The zero-order valence-corrected chi connectivity index (χ0v) is 11.6. The minimum absolute atomic E-state index is 0.0592. The van der Waals surface area contributed by atoms with Gasteiger partial charge in [0, 0.05) is 21.9 Å². The van der Waals surface area contributed by atoms with Gasteiger partial charge in [0.1, 0.15) is 0 Å². The van der Waals surface area contributed by atoms with Gasteiger partial charge in [0.15, 0.2) is 5.78 Å². The number of hydrogen-bond donors (Lipinski definition) is 0. The first-order chi connectivity index (χ1) is 8.06. The summed E-state index contributed by atoms with van der Waals surface area (Å²) in [5.74, 6) is -0.0592. The molecule has 17 heavy (non-hydrogen) atoms. The molecule has 0 aliphatic heterocycles. The number of benzene rings is 1. The lowest BCUT2D eigenvalue weighted by Gasteiger charge is -2.02. The number of carbonyl (C=O) groups is 1. The van der Waals surface area contributed by atoms with Crippen LogP contribution in [0, 0.1) is 0 Å². The van der Waals surface area contributed by atoms with Crippen LogP contribution in [0.15, 0.2) is 30.3 Å². The van der Waals surface area contributed by atoms with Crippen LogP contribution in [0.3, 0.4) is 0 Å². The van der Waals surface area contributed by atoms with Crippen molar-refractivity contribution in [1.29, 1.82) is 0 Å². The summed E-state index contributed by atoms with van der Waals surface area (Å²) in [7, 11) is 0. The van der Waals surface area contributed by atoms with Gasteiger partial charge in [-0.05, 0) is 30.3 Å². The standard InChI is InChI=1S/C12H7Cl3OS/c13-7-1-3-10(14)9(5-7)11(16)6-8-2-4-12(15)17-8/h1-5H,6H2. The maximum Gasteiger partial charge on any atom is 0.169 e. The smallest absolute Gasteiger partial charge is 0.169 e. The molecule has 0 saturated heterocycles. The van der Waals surface area contributed by atoms with Gasteiger partial charge in [-0.1, -0.05) is 34.8 Å². The number of ketones is 1. The van der Waals surface area contributed by atoms with Crippen LogP contribution >= 0.6 is 46.1 Å². The molecule has 1 heterocycles. The zero-order chi connectivity index (χ0) is 12.4. The Labute approximate surface area is 118 Å². The Morgan fingerprint density at radius 1 is 1.12 bits per heavy atom. The Kier molecular flexibility index (Phi) is 4.10. The molecule has 88 valence electrons. The van der Waals surface area contributed by atoms with E-state index in [0.29, 0.717) is 19.9 Å². The fourth-order valence-electron chi connectivity index (χ4n) is 1.41. The van der Waals surface area contributed by atoms with Crippen molar-refractivity contribution in [3.63, 3.8) is 0 Å². The van der Waals surface area contributed by atoms with E-state index in [2.05, 4.69) is 0 Å². The van der Waals surface area contributed by atoms with Crippen molar-refractivity contribution in [3.8, 4) is 0 Å². The Hall–Kier alpha value is -0.540. The predicted molar refractivity (Wildman–Crippen MR) is 73.8 cm³/mol. The third-order valence-electron chi connectivity index (χ3n) is 2.19. The van der Waals surface area contributed by atoms with E-state index in [1.165, 1.54) is 11.3 Å². The number of hydrogen-bond acceptors (Lipinski definition) is 2. The molecule has 1 nitrogen and oxygen atoms in total. The summed E-state index contributed by atoms with van der Waals surface area (Å²) in [6.45, 7) is 0. The summed E-state index contributed by atoms with van der Waals surface area (Å²) in [6.07, 6.45) is 0.289. The molecule has 0 bridgehead atoms. The third kappa shape index (κ3) is 3.23. The first-order valence-corrected chi connectivity index (χ1v) is 6.74. The van der Waals surface area contributed by atoms with Gasteiger partial charge in [-0.2, -0.15) is 0 Å². The van der Waals surface area contributed by atoms with Crippen molar-refractivity contribution >= 4 is 51.9 Å². The minimum atomic E-state index is -0.0592. The largest absolute Gasteiger partial charge is 0.294 e. The summed E-state index contributed by atoms with van der Waals surface area (Å²) in [4.78, 5) is 12.9. The summed E-state index contributed by atoms with van der Waals surface area (Å²) < 4.78 is 0.671. The van der Waals surface area contributed by atoms with E-state index in [-0.39, 0.29) is 12.2 Å². The molecule has 0 aliphatic rings. The van der Waals surface area contributed by atoms with Gasteiger partial charge in [0.25, 0.3) is 0 Å². The van der Waals surface area contributed by atoms with Crippen LogP contribution in [0.25, 0.3) is 0 Å². The highest BCUT2D eigenvalue weighted by atomic mass is 35.5. The molecular weight excluding hydrogens is 299 g/mol. The minimum Gasteiger partial charge on any atom is -0.294 e. The second-order valence-corrected chi connectivity index (χ2v) is 6.07. The van der Waals surface area contributed by atoms with E-state index in [1.807, 2.05) is 6.07 Å². The van der Waals surface area contributed by atoms with Crippen molar-refractivity contribution in [2.24, 2.45) is 0 Å². The predicted octanol–water partition coefficient (Wildman–Crippen LogP) is 5.13. The number of halogens is 3. The molecule has 1 aromatic heterocycles. The van der Waals surface area contributed by atoms with Crippen LogP contribution in [-0.2, 0) is 6.42 Å². The lowest BCUT2D eigenvalue weighted by Crippen LogP contribution is -2.03. The molecule has 2 rings (SSSR count). The average molecular weight is 306 g/mol. The molecule has 0 radical (unpaired) electrons. The summed E-state index contributed by atoms with van der Waals surface area (Å²) >= 11 is 19.0. The van der Waals surface area contributed by atoms with Gasteiger partial charge in [0.2, 0.25) is 0 Å². The molecule has 0 unspecified atom stereocenters. The van der Waals surface area contributed by atoms with E-state index >= 15 is 0 Å². The summed E-state index contributed by atoms with van der Waals surface area (Å²) in [6, 6.07) is 8.47. The van der Waals surface area contributed by atoms with Gasteiger partial charge in [-0.3, -0.25) is 4.79 Å². The molecule has 0 fully saturated rings. The van der Waals surface area contributed by atoms with Crippen molar-refractivity contribution in [1.82, 2.24) is 0 Å². The van der Waals surface area contributed by atoms with Gasteiger partial charge in [-0.15, -0.1) is 11.3 Å². The van der Waals surface area contributed by atoms with Gasteiger partial charge in [0.05, 0.1) is 9.36 Å². The summed E-state index contributed by atoms with van der Waals surface area (Å²) in [5.41, 5.74) is 0.448. The molecule has 0 amide bonds. The topological polar surface area (TPSA) is 17.1 Å². The van der Waals surface area contributed by atoms with Crippen LogP contribution in [-0.4, -0.2) is 5.78 Å². The van der Waals surface area contributed by atoms with Gasteiger partial charge in [-0.25, -0.2) is 0 Å². The van der Waals surface area contributed by atoms with Crippen LogP contribution < -0.4 is 0 Å². The second-order valence-electron chi connectivity index (χ2n) is 3.43. The molecular formula is C12H7Cl3OS. The number of carbonyl (C=O) groups excluding carboxylic acids is 1. The number of rotatable bonds is 3. The molecule has 2 aromatic rings. The Morgan fingerprint density at radius 3 is 2.53 bits per heavy atom. The first-order valence-electron chi connectivity index (χ1n) is 4.79. The van der Waals surface area contributed by atoms with Crippen LogP contribution in [0.4, 0.5) is 0 Å². The molecule has 0 spiro atoms. The monoisotopic (exact) mass is 304 g/mol. The van der Waals surface area contributed by atoms with Crippen molar-refractivity contribution in [2.75, 3.05) is 0 Å². The average Bonchev–Trinajstić information content (AvgIpc) is 2.67. The van der Waals surface area contributed by atoms with Crippen LogP contribution in [0.2, 0.25) is 14.4 Å². The van der Waals surface area contributed by atoms with E-state index in [0.717, 1.165) is 4.88 Å². The summed E-state index contributed by atoms with van der Waals surface area (Å²) in [5, 5.41) is 0.920. The number of Topliss-reactive ketones (excluding diaryl/α,β-unsaturated/α-hetero) is 1. The van der Waals surface area contributed by atoms with Crippen molar-refractivity contribution < 1.29 is 4.79 Å². The highest BCUT2D eigenvalue weighted by Crippen LogP contribution is 2.25. The molecule has 0 aliphatic carbocycles. The Bertz CT molecular complexity index is 563. The lowest BCUT2D eigenvalue weighted by atomic mass is 10.1. The third-order valence-corrected chi connectivity index (χ3v) is 3.99. The highest BCUT2D eigenvalue weighted by Gasteiger charge is 2.12. The maximum absolute atomic E-state index is 12.0. The Balaban J connectivity index is 2.22. The molecule has 0 atom stereocenters. The fraction of sp³-hybridized carbons (Fsp3) is 0.0833. The normalized spacial score (nSPS) is 10.5. The van der Waals surface area contributed by atoms with E-state index in [4.69, 9.17) is 34.8 Å². The Morgan fingerprint density at radius 2 is 1.88 bits per heavy atom. The van der Waals surface area contributed by atoms with Gasteiger partial charge >= 0.3 is 0 Å². The number of thiophene rings is 1. The van der Waals surface area contributed by atoms with E-state index < -0.39 is 0 Å². The SMILES string of the molecule is O=C(Cc1ccc(Cl)s1)c1cc(Cl)ccc1Cl. The second kappa shape index (κ2) is 5.40. The van der Waals surface area contributed by atoms with Crippen molar-refractivity contribution in [3.05, 3.63) is 55.2 Å². The zero-order valence-electron chi connectivity index (χ0n) is 8.54. The highest BCUT2D eigenvalue weighted by molar-refractivity contribution is 7.16. The van der Waals surface area contributed by atoms with Gasteiger partial charge < -0.3 is 0 Å². The van der Waals surface area contributed by atoms with Crippen LogP contribution in [0.1, 0.15) is 15.2 Å². The molecule has 0 N–H and O–H groups in total. The van der Waals surface area contributed by atoms with E-state index in [9.17, 15) is 4.79 Å². The molecule has 5 heteroatoms. The van der Waals surface area contributed by atoms with Crippen molar-refractivity contribution in [2.45, 2.75) is 6.42 Å². The quantitative estimate of drug-likeness (QED) is 0.718. The lowest BCUT2D eigenvalue weighted by molar-refractivity contribution is 0.0994. The first kappa shape index (κ1) is 12.9. The van der Waals surface area contributed by atoms with E-state index in [1.54, 1.807) is 24.3 Å². The molecule has 1 aromatic carbocycles.